The van der Waals surface area contributed by atoms with Gasteiger partial charge in [-0.25, -0.2) is 0 Å². The molecular weight excluding hydrogens is 452 g/mol. The van der Waals surface area contributed by atoms with E-state index in [-0.39, 0.29) is 17.4 Å². The van der Waals surface area contributed by atoms with Crippen molar-refractivity contribution < 1.29 is 19.1 Å². The van der Waals surface area contributed by atoms with Crippen LogP contribution >= 0.6 is 0 Å². The lowest BCUT2D eigenvalue weighted by Crippen LogP contribution is -2.36. The van der Waals surface area contributed by atoms with Gasteiger partial charge in [-0.1, -0.05) is 66.7 Å². The zero-order valence-electron chi connectivity index (χ0n) is 21.0. The summed E-state index contributed by atoms with van der Waals surface area (Å²) in [5, 5.41) is 0. The lowest BCUT2D eigenvalue weighted by Gasteiger charge is -2.33. The van der Waals surface area contributed by atoms with E-state index in [0.29, 0.717) is 24.3 Å². The number of nitrogens with zero attached hydrogens (tertiary/aromatic N) is 2. The Labute approximate surface area is 212 Å². The molecular formula is C30H32N2O4. The maximum absolute atomic E-state index is 13.4. The maximum atomic E-state index is 13.4. The average Bonchev–Trinajstić information content (AvgIpc) is 2.91. The Morgan fingerprint density at radius 1 is 0.806 bits per heavy atom. The fourth-order valence-corrected chi connectivity index (χ4v) is 4.92. The molecule has 3 aromatic rings. The molecule has 6 nitrogen and oxygen atoms in total. The van der Waals surface area contributed by atoms with Gasteiger partial charge >= 0.3 is 0 Å². The Hall–Kier alpha value is -3.61. The monoisotopic (exact) mass is 484 g/mol. The number of ketones is 3. The van der Waals surface area contributed by atoms with E-state index in [4.69, 9.17) is 4.74 Å². The topological polar surface area (TPSA) is 66.9 Å². The first-order chi connectivity index (χ1) is 17.4. The summed E-state index contributed by atoms with van der Waals surface area (Å²) in [4.78, 5) is 43.8. The van der Waals surface area contributed by atoms with Crippen molar-refractivity contribution >= 4 is 23.0 Å². The zero-order valence-corrected chi connectivity index (χ0v) is 21.0. The molecule has 0 saturated carbocycles. The molecule has 0 radical (unpaired) electrons. The van der Waals surface area contributed by atoms with Gasteiger partial charge in [-0.15, -0.1) is 0 Å². The van der Waals surface area contributed by atoms with Crippen LogP contribution in [0.2, 0.25) is 0 Å². The Kier molecular flexibility index (Phi) is 8.08. The number of benzene rings is 3. The van der Waals surface area contributed by atoms with Crippen LogP contribution in [0.5, 0.6) is 0 Å². The van der Waals surface area contributed by atoms with Crippen molar-refractivity contribution in [2.75, 3.05) is 45.3 Å². The number of hydrogen-bond acceptors (Lipinski definition) is 6. The van der Waals surface area contributed by atoms with Gasteiger partial charge in [0, 0.05) is 35.9 Å². The number of ether oxygens (including phenoxy) is 1. The second kappa shape index (κ2) is 11.4. The van der Waals surface area contributed by atoms with Gasteiger partial charge in [0.1, 0.15) is 5.78 Å². The number of hydrogen-bond donors (Lipinski definition) is 0. The van der Waals surface area contributed by atoms with Gasteiger partial charge in [-0.2, -0.15) is 0 Å². The van der Waals surface area contributed by atoms with Crippen LogP contribution in [-0.2, 0) is 9.53 Å². The van der Waals surface area contributed by atoms with Crippen molar-refractivity contribution in [3.63, 3.8) is 0 Å². The number of rotatable bonds is 9. The van der Waals surface area contributed by atoms with E-state index in [1.54, 1.807) is 55.5 Å². The minimum absolute atomic E-state index is 0.0710. The molecule has 2 unspecified atom stereocenters. The minimum atomic E-state index is -0.627. The maximum Gasteiger partial charge on any atom is 0.233 e. The van der Waals surface area contributed by atoms with Crippen LogP contribution in [0.3, 0.4) is 0 Å². The first-order valence-electron chi connectivity index (χ1n) is 12.2. The number of morpholine rings is 1. The molecule has 0 bridgehead atoms. The van der Waals surface area contributed by atoms with Crippen molar-refractivity contribution in [3.8, 4) is 0 Å². The standard InChI is InChI=1S/C30H32N2O4/c1-21(33)27(25-11-7-8-12-26(25)30(35)29(34)23-9-5-4-6-10-23)28(31(2)3)22-13-15-24(16-14-22)32-17-19-36-20-18-32/h4-16,27-28H,17-20H2,1-3H3. The van der Waals surface area contributed by atoms with E-state index < -0.39 is 17.5 Å². The smallest absolute Gasteiger partial charge is 0.233 e. The van der Waals surface area contributed by atoms with Crippen LogP contribution in [0.4, 0.5) is 5.69 Å². The highest BCUT2D eigenvalue weighted by Crippen LogP contribution is 2.38. The molecule has 0 spiro atoms. The summed E-state index contributed by atoms with van der Waals surface area (Å²) >= 11 is 0. The summed E-state index contributed by atoms with van der Waals surface area (Å²) in [6.45, 7) is 4.65. The summed E-state index contributed by atoms with van der Waals surface area (Å²) in [6, 6.07) is 23.4. The summed E-state index contributed by atoms with van der Waals surface area (Å²) in [5.74, 6) is -1.89. The summed E-state index contributed by atoms with van der Waals surface area (Å²) in [7, 11) is 3.85. The van der Waals surface area contributed by atoms with E-state index in [9.17, 15) is 14.4 Å². The minimum Gasteiger partial charge on any atom is -0.378 e. The predicted molar refractivity (Wildman–Crippen MR) is 141 cm³/mol. The van der Waals surface area contributed by atoms with E-state index in [2.05, 4.69) is 17.0 Å². The highest BCUT2D eigenvalue weighted by atomic mass is 16.5. The zero-order chi connectivity index (χ0) is 25.7. The van der Waals surface area contributed by atoms with Crippen LogP contribution in [0.25, 0.3) is 0 Å². The van der Waals surface area contributed by atoms with E-state index >= 15 is 0 Å². The van der Waals surface area contributed by atoms with Crippen LogP contribution in [0, 0.1) is 0 Å². The predicted octanol–water partition coefficient (Wildman–Crippen LogP) is 4.56. The fourth-order valence-electron chi connectivity index (χ4n) is 4.92. The van der Waals surface area contributed by atoms with Crippen molar-refractivity contribution in [2.24, 2.45) is 0 Å². The molecule has 2 atom stereocenters. The Morgan fingerprint density at radius 2 is 1.42 bits per heavy atom. The normalized spacial score (nSPS) is 15.4. The SMILES string of the molecule is CC(=O)C(c1ccccc1C(=O)C(=O)c1ccccc1)C(c1ccc(N2CCOCC2)cc1)N(C)C. The van der Waals surface area contributed by atoms with Crippen molar-refractivity contribution in [1.82, 2.24) is 4.90 Å². The molecule has 6 heteroatoms. The number of carbonyl (C=O) groups is 3. The first-order valence-corrected chi connectivity index (χ1v) is 12.2. The summed E-state index contributed by atoms with van der Waals surface area (Å²) in [6.07, 6.45) is 0. The lowest BCUT2D eigenvalue weighted by molar-refractivity contribution is -0.119. The van der Waals surface area contributed by atoms with Gasteiger partial charge in [-0.05, 0) is 44.3 Å². The highest BCUT2D eigenvalue weighted by Gasteiger charge is 2.34. The molecule has 186 valence electrons. The summed E-state index contributed by atoms with van der Waals surface area (Å²) in [5.41, 5.74) is 3.25. The molecule has 3 aromatic carbocycles. The van der Waals surface area contributed by atoms with Crippen molar-refractivity contribution in [2.45, 2.75) is 18.9 Å². The molecule has 4 rings (SSSR count). The molecule has 1 aliphatic heterocycles. The quantitative estimate of drug-likeness (QED) is 0.328. The molecule has 1 aliphatic rings. The van der Waals surface area contributed by atoms with Gasteiger partial charge in [0.15, 0.2) is 0 Å². The third kappa shape index (κ3) is 5.45. The van der Waals surface area contributed by atoms with E-state index in [0.717, 1.165) is 24.3 Å². The molecule has 0 aliphatic carbocycles. The third-order valence-corrected chi connectivity index (χ3v) is 6.70. The molecule has 1 heterocycles. The van der Waals surface area contributed by atoms with Gasteiger partial charge in [0.2, 0.25) is 11.6 Å². The second-order valence-electron chi connectivity index (χ2n) is 9.30. The molecule has 1 saturated heterocycles. The molecule has 0 amide bonds. The first kappa shape index (κ1) is 25.5. The third-order valence-electron chi connectivity index (χ3n) is 6.70. The van der Waals surface area contributed by atoms with Gasteiger partial charge in [-0.3, -0.25) is 14.4 Å². The van der Waals surface area contributed by atoms with E-state index in [1.807, 2.05) is 37.2 Å². The largest absolute Gasteiger partial charge is 0.378 e. The van der Waals surface area contributed by atoms with Gasteiger partial charge in [0.25, 0.3) is 0 Å². The Morgan fingerprint density at radius 3 is 2.03 bits per heavy atom. The molecule has 0 aromatic heterocycles. The van der Waals surface area contributed by atoms with Gasteiger partial charge in [0.05, 0.1) is 19.1 Å². The molecule has 36 heavy (non-hydrogen) atoms. The van der Waals surface area contributed by atoms with Crippen molar-refractivity contribution in [1.29, 1.82) is 0 Å². The van der Waals surface area contributed by atoms with Crippen LogP contribution in [0.15, 0.2) is 78.9 Å². The van der Waals surface area contributed by atoms with Crippen LogP contribution < -0.4 is 4.90 Å². The fraction of sp³-hybridized carbons (Fsp3) is 0.300. The average molecular weight is 485 g/mol. The van der Waals surface area contributed by atoms with Crippen LogP contribution in [-0.4, -0.2) is 62.6 Å². The number of anilines is 1. The Balaban J connectivity index is 1.71. The van der Waals surface area contributed by atoms with E-state index in [1.165, 1.54) is 0 Å². The lowest BCUT2D eigenvalue weighted by atomic mass is 9.80. The molecule has 1 fully saturated rings. The molecule has 0 N–H and O–H groups in total. The second-order valence-corrected chi connectivity index (χ2v) is 9.30. The number of likely N-dealkylation sites (N-methyl/N-ethyl adjacent to an activating group) is 1. The van der Waals surface area contributed by atoms with Gasteiger partial charge < -0.3 is 14.5 Å². The summed E-state index contributed by atoms with van der Waals surface area (Å²) < 4.78 is 5.46. The van der Waals surface area contributed by atoms with Crippen LogP contribution in [0.1, 0.15) is 50.7 Å². The number of Topliss-reactive ketones (excluding diaryl/α,β-unsaturated/α-hetero) is 3. The highest BCUT2D eigenvalue weighted by molar-refractivity contribution is 6.49. The van der Waals surface area contributed by atoms with Crippen molar-refractivity contribution in [3.05, 3.63) is 101 Å². The Bertz CT molecular complexity index is 1220. The number of carbonyl (C=O) groups excluding carboxylic acids is 3.